The third-order valence-electron chi connectivity index (χ3n) is 1.03. The molecule has 0 radical (unpaired) electrons. The molecule has 0 bridgehead atoms. The van der Waals surface area contributed by atoms with Gasteiger partial charge in [0.15, 0.2) is 0 Å². The van der Waals surface area contributed by atoms with E-state index in [4.69, 9.17) is 13.2 Å². The molecule has 0 saturated carbocycles. The van der Waals surface area contributed by atoms with Gasteiger partial charge in [0.1, 0.15) is 0 Å². The molecule has 0 spiro atoms. The van der Waals surface area contributed by atoms with Crippen LogP contribution in [0.2, 0.25) is 0 Å². The van der Waals surface area contributed by atoms with Gasteiger partial charge in [-0.15, -0.1) is 0 Å². The Balaban J connectivity index is 3.80. The fraction of sp³-hybridized carbons (Fsp3) is 1.00. The Kier molecular flexibility index (Phi) is 8.60. The van der Waals surface area contributed by atoms with Crippen molar-refractivity contribution in [3.8, 4) is 0 Å². The van der Waals surface area contributed by atoms with Crippen molar-refractivity contribution in [2.45, 2.75) is 13.8 Å². The van der Waals surface area contributed by atoms with Gasteiger partial charge in [-0.1, -0.05) is 0 Å². The van der Waals surface area contributed by atoms with E-state index in [0.717, 1.165) is 9.21 Å². The molecule has 76 valence electrons. The first kappa shape index (κ1) is 13.4. The van der Waals surface area contributed by atoms with Crippen LogP contribution >= 0.6 is 38.4 Å². The van der Waals surface area contributed by atoms with E-state index in [9.17, 15) is 4.89 Å². The Hall–Kier alpha value is 1.35. The number of rotatable bonds is 7. The van der Waals surface area contributed by atoms with E-state index in [1.165, 1.54) is 0 Å². The van der Waals surface area contributed by atoms with Crippen LogP contribution in [0.3, 0.4) is 0 Å². The maximum atomic E-state index is 9.70. The Labute approximate surface area is 89.7 Å². The van der Waals surface area contributed by atoms with Crippen molar-refractivity contribution in [2.75, 3.05) is 19.6 Å². The van der Waals surface area contributed by atoms with E-state index in [-0.39, 0.29) is 6.35 Å². The van der Waals surface area contributed by atoms with E-state index in [1.54, 1.807) is 0 Å². The SMILES string of the molecule is CCO[PH](O)(COSI)OCC. The van der Waals surface area contributed by atoms with Crippen LogP contribution in [0, 0.1) is 0 Å². The van der Waals surface area contributed by atoms with Gasteiger partial charge in [-0.3, -0.25) is 0 Å². The van der Waals surface area contributed by atoms with E-state index in [2.05, 4.69) is 0 Å². The van der Waals surface area contributed by atoms with Gasteiger partial charge in [-0.2, -0.15) is 0 Å². The molecule has 0 aromatic carbocycles. The minimum absolute atomic E-state index is 0.141. The predicted molar refractivity (Wildman–Crippen MR) is 61.3 cm³/mol. The van der Waals surface area contributed by atoms with Crippen LogP contribution in [0.15, 0.2) is 0 Å². The molecule has 0 amide bonds. The quantitative estimate of drug-likeness (QED) is 0.442. The standard InChI is InChI=1S/C5H14IO4PS/c1-3-8-11(7,9-4-2)5-10-12-6/h7,11H,3-5H2,1-2H3. The average Bonchev–Trinajstić information content (AvgIpc) is 2.02. The van der Waals surface area contributed by atoms with E-state index >= 15 is 0 Å². The first-order valence-electron chi connectivity index (χ1n) is 3.59. The number of halogens is 1. The molecule has 0 aromatic rings. The second kappa shape index (κ2) is 7.73. The molecule has 0 rings (SSSR count). The molecule has 0 atom stereocenters. The summed E-state index contributed by atoms with van der Waals surface area (Å²) in [6.07, 6.45) is 0.141. The summed E-state index contributed by atoms with van der Waals surface area (Å²) in [6.45, 7) is 4.51. The van der Waals surface area contributed by atoms with Crippen LogP contribution in [-0.2, 0) is 13.2 Å². The van der Waals surface area contributed by atoms with Crippen molar-refractivity contribution in [3.05, 3.63) is 0 Å². The van der Waals surface area contributed by atoms with Gasteiger partial charge in [0.05, 0.1) is 0 Å². The van der Waals surface area contributed by atoms with Crippen molar-refractivity contribution in [2.24, 2.45) is 0 Å². The van der Waals surface area contributed by atoms with E-state index < -0.39 is 7.94 Å². The minimum atomic E-state index is -3.02. The molecule has 1 N–H and O–H groups in total. The van der Waals surface area contributed by atoms with Crippen molar-refractivity contribution in [1.29, 1.82) is 0 Å². The summed E-state index contributed by atoms with van der Waals surface area (Å²) in [5.41, 5.74) is 0. The normalized spacial score (nSPS) is 13.3. The van der Waals surface area contributed by atoms with Gasteiger partial charge in [0.2, 0.25) is 0 Å². The summed E-state index contributed by atoms with van der Waals surface area (Å²) in [7, 11) is -1.85. The van der Waals surface area contributed by atoms with Gasteiger partial charge >= 0.3 is 89.9 Å². The molecule has 12 heavy (non-hydrogen) atoms. The topological polar surface area (TPSA) is 47.9 Å². The van der Waals surface area contributed by atoms with E-state index in [0.29, 0.717) is 13.2 Å². The van der Waals surface area contributed by atoms with Gasteiger partial charge in [0, 0.05) is 0 Å². The Morgan fingerprint density at radius 2 is 1.83 bits per heavy atom. The summed E-state index contributed by atoms with van der Waals surface area (Å²) >= 11 is 1.98. The molecule has 4 nitrogen and oxygen atoms in total. The zero-order valence-electron chi connectivity index (χ0n) is 7.08. The number of hydrogen-bond acceptors (Lipinski definition) is 5. The third kappa shape index (κ3) is 5.90. The van der Waals surface area contributed by atoms with Gasteiger partial charge in [-0.05, 0) is 0 Å². The van der Waals surface area contributed by atoms with Crippen LogP contribution in [-0.4, -0.2) is 24.5 Å². The van der Waals surface area contributed by atoms with Crippen LogP contribution in [0.5, 0.6) is 0 Å². The Morgan fingerprint density at radius 3 is 2.17 bits per heavy atom. The van der Waals surface area contributed by atoms with E-state index in [1.807, 2.05) is 35.1 Å². The molecular formula is C5H14IO4PS. The van der Waals surface area contributed by atoms with Crippen LogP contribution in [0.1, 0.15) is 13.8 Å². The zero-order valence-corrected chi connectivity index (χ0v) is 11.1. The third-order valence-corrected chi connectivity index (χ3v) is 4.19. The molecule has 0 heterocycles. The first-order chi connectivity index (χ1) is 5.68. The second-order valence-corrected chi connectivity index (χ2v) is 5.64. The average molecular weight is 328 g/mol. The molecule has 0 aliphatic rings. The second-order valence-electron chi connectivity index (χ2n) is 1.90. The fourth-order valence-corrected chi connectivity index (χ4v) is 3.74. The fourth-order valence-electron chi connectivity index (χ4n) is 0.673. The molecule has 0 saturated heterocycles. The van der Waals surface area contributed by atoms with Gasteiger partial charge in [-0.25, -0.2) is 0 Å². The molecule has 7 heteroatoms. The Morgan fingerprint density at radius 1 is 1.33 bits per heavy atom. The Bertz CT molecular complexity index is 112. The molecular weight excluding hydrogens is 314 g/mol. The molecule has 0 aromatic heterocycles. The van der Waals surface area contributed by atoms with Gasteiger partial charge < -0.3 is 0 Å². The van der Waals surface area contributed by atoms with Gasteiger partial charge in [0.25, 0.3) is 0 Å². The van der Waals surface area contributed by atoms with Crippen molar-refractivity contribution in [3.63, 3.8) is 0 Å². The zero-order chi connectivity index (χ0) is 9.45. The van der Waals surface area contributed by atoms with Crippen molar-refractivity contribution in [1.82, 2.24) is 0 Å². The first-order valence-corrected chi connectivity index (χ1v) is 8.84. The summed E-state index contributed by atoms with van der Waals surface area (Å²) in [6, 6.07) is 0. The number of hydrogen-bond donors (Lipinski definition) is 1. The summed E-state index contributed by atoms with van der Waals surface area (Å²) < 4.78 is 15.2. The molecule has 0 fully saturated rings. The monoisotopic (exact) mass is 328 g/mol. The summed E-state index contributed by atoms with van der Waals surface area (Å²) in [4.78, 5) is 9.70. The molecule has 0 aliphatic heterocycles. The summed E-state index contributed by atoms with van der Waals surface area (Å²) in [5, 5.41) is 0. The molecule has 0 aliphatic carbocycles. The predicted octanol–water partition coefficient (Wildman–Crippen LogP) is 2.52. The maximum absolute atomic E-state index is 9.70. The molecule has 0 unspecified atom stereocenters. The van der Waals surface area contributed by atoms with Crippen molar-refractivity contribution < 1.29 is 18.1 Å². The summed E-state index contributed by atoms with van der Waals surface area (Å²) in [5.74, 6) is 0. The van der Waals surface area contributed by atoms with Crippen LogP contribution in [0.25, 0.3) is 0 Å². The van der Waals surface area contributed by atoms with Crippen LogP contribution in [0.4, 0.5) is 0 Å². The van der Waals surface area contributed by atoms with Crippen molar-refractivity contribution >= 4 is 38.4 Å². The van der Waals surface area contributed by atoms with Crippen LogP contribution < -0.4 is 0 Å².